The van der Waals surface area contributed by atoms with E-state index in [0.717, 1.165) is 27.7 Å². The Bertz CT molecular complexity index is 937. The van der Waals surface area contributed by atoms with Crippen molar-refractivity contribution in [3.05, 3.63) is 71.2 Å². The molecule has 0 saturated heterocycles. The van der Waals surface area contributed by atoms with Crippen LogP contribution in [0.25, 0.3) is 17.0 Å². The van der Waals surface area contributed by atoms with Crippen LogP contribution in [-0.4, -0.2) is 21.5 Å². The van der Waals surface area contributed by atoms with Gasteiger partial charge in [-0.3, -0.25) is 14.6 Å². The van der Waals surface area contributed by atoms with E-state index in [2.05, 4.69) is 9.97 Å². The van der Waals surface area contributed by atoms with Crippen molar-refractivity contribution in [1.82, 2.24) is 9.97 Å². The fraction of sp³-hybridized carbons (Fsp3) is 0.150. The largest absolute Gasteiger partial charge is 0.358 e. The third-order valence-electron chi connectivity index (χ3n) is 3.92. The molecule has 24 heavy (non-hydrogen) atoms. The van der Waals surface area contributed by atoms with Gasteiger partial charge in [-0.05, 0) is 55.8 Å². The minimum Gasteiger partial charge on any atom is -0.358 e. The SMILES string of the molecule is CC(=O)Cc1ccc2[nH]c(C)c(/C=C/C(=O)c3ccncc3)c2c1. The normalized spacial score (nSPS) is 11.2. The highest BCUT2D eigenvalue weighted by molar-refractivity contribution is 6.08. The van der Waals surface area contributed by atoms with Crippen molar-refractivity contribution in [2.75, 3.05) is 0 Å². The fourth-order valence-electron chi connectivity index (χ4n) is 2.78. The van der Waals surface area contributed by atoms with Crippen LogP contribution >= 0.6 is 0 Å². The van der Waals surface area contributed by atoms with Crippen molar-refractivity contribution >= 4 is 28.5 Å². The number of ketones is 2. The smallest absolute Gasteiger partial charge is 0.185 e. The molecule has 3 rings (SSSR count). The van der Waals surface area contributed by atoms with E-state index in [0.29, 0.717) is 12.0 Å². The minimum absolute atomic E-state index is 0.0639. The van der Waals surface area contributed by atoms with E-state index in [4.69, 9.17) is 0 Å². The first-order valence-corrected chi connectivity index (χ1v) is 7.77. The van der Waals surface area contributed by atoms with Crippen LogP contribution in [0.4, 0.5) is 0 Å². The fourth-order valence-corrected chi connectivity index (χ4v) is 2.78. The molecule has 0 atom stereocenters. The standard InChI is InChI=1S/C20H18N2O2/c1-13(23)11-15-3-5-19-18(12-15)17(14(2)22-19)4-6-20(24)16-7-9-21-10-8-16/h3-10,12,22H,11H2,1-2H3/b6-4+. The second kappa shape index (κ2) is 6.62. The molecular weight excluding hydrogens is 300 g/mol. The molecule has 1 N–H and O–H groups in total. The van der Waals surface area contributed by atoms with Crippen LogP contribution in [-0.2, 0) is 11.2 Å². The molecule has 0 aliphatic rings. The number of aromatic nitrogens is 2. The summed E-state index contributed by atoms with van der Waals surface area (Å²) in [6.07, 6.45) is 7.02. The molecule has 2 aromatic heterocycles. The van der Waals surface area contributed by atoms with Gasteiger partial charge in [-0.1, -0.05) is 6.07 Å². The summed E-state index contributed by atoms with van der Waals surface area (Å²) in [4.78, 5) is 30.8. The van der Waals surface area contributed by atoms with Gasteiger partial charge >= 0.3 is 0 Å². The number of nitrogens with zero attached hydrogens (tertiary/aromatic N) is 1. The van der Waals surface area contributed by atoms with Crippen LogP contribution < -0.4 is 0 Å². The highest BCUT2D eigenvalue weighted by atomic mass is 16.1. The molecule has 3 aromatic rings. The van der Waals surface area contributed by atoms with Crippen LogP contribution in [0.3, 0.4) is 0 Å². The predicted molar refractivity (Wildman–Crippen MR) is 95.0 cm³/mol. The Morgan fingerprint density at radius 3 is 2.62 bits per heavy atom. The number of hydrogen-bond donors (Lipinski definition) is 1. The number of Topliss-reactive ketones (excluding diaryl/α,β-unsaturated/α-hetero) is 1. The summed E-state index contributed by atoms with van der Waals surface area (Å²) in [6.45, 7) is 3.56. The number of rotatable bonds is 5. The van der Waals surface area contributed by atoms with Crippen LogP contribution in [0.1, 0.15) is 34.1 Å². The lowest BCUT2D eigenvalue weighted by molar-refractivity contribution is -0.116. The Morgan fingerprint density at radius 1 is 1.17 bits per heavy atom. The van der Waals surface area contributed by atoms with Gasteiger partial charge in [0.1, 0.15) is 5.78 Å². The first-order chi connectivity index (χ1) is 11.5. The molecule has 0 fully saturated rings. The van der Waals surface area contributed by atoms with Crippen molar-refractivity contribution in [2.45, 2.75) is 20.3 Å². The number of benzene rings is 1. The van der Waals surface area contributed by atoms with Gasteiger partial charge in [-0.25, -0.2) is 0 Å². The molecular formula is C20H18N2O2. The molecule has 2 heterocycles. The van der Waals surface area contributed by atoms with E-state index in [1.807, 2.05) is 31.2 Å². The van der Waals surface area contributed by atoms with E-state index in [-0.39, 0.29) is 11.6 Å². The van der Waals surface area contributed by atoms with Gasteiger partial charge in [0.15, 0.2) is 5.78 Å². The van der Waals surface area contributed by atoms with E-state index in [1.165, 1.54) is 0 Å². The van der Waals surface area contributed by atoms with E-state index < -0.39 is 0 Å². The number of pyridine rings is 1. The quantitative estimate of drug-likeness (QED) is 0.573. The van der Waals surface area contributed by atoms with Crippen LogP contribution in [0.15, 0.2) is 48.8 Å². The van der Waals surface area contributed by atoms with Crippen molar-refractivity contribution in [1.29, 1.82) is 0 Å². The number of allylic oxidation sites excluding steroid dienone is 1. The van der Waals surface area contributed by atoms with Gasteiger partial charge in [0, 0.05) is 46.5 Å². The summed E-state index contributed by atoms with van der Waals surface area (Å²) in [5, 5.41) is 1.02. The monoisotopic (exact) mass is 318 g/mol. The topological polar surface area (TPSA) is 62.8 Å². The number of carbonyl (C=O) groups is 2. The molecule has 0 unspecified atom stereocenters. The third-order valence-corrected chi connectivity index (χ3v) is 3.92. The number of hydrogen-bond acceptors (Lipinski definition) is 3. The predicted octanol–water partition coefficient (Wildman–Crippen LogP) is 3.90. The lowest BCUT2D eigenvalue weighted by Crippen LogP contribution is -1.95. The second-order valence-corrected chi connectivity index (χ2v) is 5.86. The van der Waals surface area contributed by atoms with Crippen molar-refractivity contribution < 1.29 is 9.59 Å². The van der Waals surface area contributed by atoms with Crippen molar-refractivity contribution in [3.8, 4) is 0 Å². The van der Waals surface area contributed by atoms with E-state index in [1.54, 1.807) is 37.5 Å². The summed E-state index contributed by atoms with van der Waals surface area (Å²) in [6, 6.07) is 9.33. The number of aryl methyl sites for hydroxylation is 1. The maximum Gasteiger partial charge on any atom is 0.185 e. The van der Waals surface area contributed by atoms with Gasteiger partial charge < -0.3 is 4.98 Å². The minimum atomic E-state index is -0.0639. The van der Waals surface area contributed by atoms with Crippen molar-refractivity contribution in [3.63, 3.8) is 0 Å². The third kappa shape index (κ3) is 3.33. The molecule has 0 radical (unpaired) electrons. The summed E-state index contributed by atoms with van der Waals surface area (Å²) < 4.78 is 0. The van der Waals surface area contributed by atoms with Gasteiger partial charge in [-0.2, -0.15) is 0 Å². The van der Waals surface area contributed by atoms with Crippen LogP contribution in [0, 0.1) is 6.92 Å². The first kappa shape index (κ1) is 15.9. The Morgan fingerprint density at radius 2 is 1.92 bits per heavy atom. The summed E-state index contributed by atoms with van der Waals surface area (Å²) in [5.41, 5.74) is 4.54. The molecule has 0 amide bonds. The van der Waals surface area contributed by atoms with E-state index >= 15 is 0 Å². The highest BCUT2D eigenvalue weighted by Gasteiger charge is 2.09. The van der Waals surface area contributed by atoms with Gasteiger partial charge in [0.25, 0.3) is 0 Å². The number of fused-ring (bicyclic) bond motifs is 1. The lowest BCUT2D eigenvalue weighted by atomic mass is 10.0. The average Bonchev–Trinajstić information content (AvgIpc) is 2.87. The van der Waals surface area contributed by atoms with Gasteiger partial charge in [0.2, 0.25) is 0 Å². The molecule has 120 valence electrons. The second-order valence-electron chi connectivity index (χ2n) is 5.86. The Kier molecular flexibility index (Phi) is 4.38. The van der Waals surface area contributed by atoms with E-state index in [9.17, 15) is 9.59 Å². The summed E-state index contributed by atoms with van der Waals surface area (Å²) >= 11 is 0. The Balaban J connectivity index is 1.96. The number of carbonyl (C=O) groups excluding carboxylic acids is 2. The van der Waals surface area contributed by atoms with Crippen LogP contribution in [0.5, 0.6) is 0 Å². The number of nitrogens with one attached hydrogen (secondary N) is 1. The van der Waals surface area contributed by atoms with Gasteiger partial charge in [0.05, 0.1) is 0 Å². The Labute approximate surface area is 140 Å². The van der Waals surface area contributed by atoms with Gasteiger partial charge in [-0.15, -0.1) is 0 Å². The molecule has 4 nitrogen and oxygen atoms in total. The Hall–Kier alpha value is -3.01. The molecule has 4 heteroatoms. The lowest BCUT2D eigenvalue weighted by Gasteiger charge is -2.00. The number of H-pyrrole nitrogens is 1. The molecule has 0 bridgehead atoms. The molecule has 0 spiro atoms. The summed E-state index contributed by atoms with van der Waals surface area (Å²) in [5.74, 6) is 0.0672. The molecule has 0 aliphatic heterocycles. The highest BCUT2D eigenvalue weighted by Crippen LogP contribution is 2.25. The molecule has 1 aromatic carbocycles. The first-order valence-electron chi connectivity index (χ1n) is 7.77. The zero-order valence-electron chi connectivity index (χ0n) is 13.7. The zero-order valence-corrected chi connectivity index (χ0v) is 13.7. The number of aromatic amines is 1. The van der Waals surface area contributed by atoms with Crippen LogP contribution in [0.2, 0.25) is 0 Å². The maximum absolute atomic E-state index is 12.2. The molecule has 0 aliphatic carbocycles. The van der Waals surface area contributed by atoms with Crippen molar-refractivity contribution in [2.24, 2.45) is 0 Å². The maximum atomic E-state index is 12.2. The average molecular weight is 318 g/mol. The zero-order chi connectivity index (χ0) is 17.1. The summed E-state index contributed by atoms with van der Waals surface area (Å²) in [7, 11) is 0. The molecule has 0 saturated carbocycles.